The monoisotopic (exact) mass is 420 g/mol. The number of ketones is 2. The standard InChI is InChI=1S/C27H32O4/c1-18(2)26(28)20(5)16-30-24-11-7-22(8-12-24)15-23-9-13-25(14-10-23)31-17-21(6)27(29)19(3)4/h7-14,20-21H,1,3,15-17H2,2,4-6H3. The zero-order valence-corrected chi connectivity index (χ0v) is 18.9. The minimum Gasteiger partial charge on any atom is -0.493 e. The molecule has 164 valence electrons. The Balaban J connectivity index is 1.85. The van der Waals surface area contributed by atoms with E-state index in [1.807, 2.05) is 62.4 Å². The molecule has 0 aromatic heterocycles. The predicted molar refractivity (Wildman–Crippen MR) is 125 cm³/mol. The molecule has 0 saturated carbocycles. The van der Waals surface area contributed by atoms with Gasteiger partial charge in [0.15, 0.2) is 11.6 Å². The van der Waals surface area contributed by atoms with E-state index >= 15 is 0 Å². The number of carbonyl (C=O) groups excluding carboxylic acids is 2. The minimum atomic E-state index is -0.209. The first-order valence-electron chi connectivity index (χ1n) is 10.5. The molecule has 0 saturated heterocycles. The SMILES string of the molecule is C=C(C)C(=O)C(C)COc1ccc(Cc2ccc(OCC(C)C(=O)C(=C)C)cc2)cc1. The van der Waals surface area contributed by atoms with Crippen LogP contribution in [0.5, 0.6) is 11.5 Å². The summed E-state index contributed by atoms with van der Waals surface area (Å²) < 4.78 is 11.5. The minimum absolute atomic E-state index is 0.0286. The summed E-state index contributed by atoms with van der Waals surface area (Å²) in [5.41, 5.74) is 3.43. The second-order valence-electron chi connectivity index (χ2n) is 8.18. The molecule has 0 spiro atoms. The normalized spacial score (nSPS) is 12.5. The molecule has 0 bridgehead atoms. The Morgan fingerprint density at radius 1 is 0.710 bits per heavy atom. The van der Waals surface area contributed by atoms with Crippen LogP contribution in [-0.2, 0) is 16.0 Å². The number of hydrogen-bond donors (Lipinski definition) is 0. The lowest BCUT2D eigenvalue weighted by Crippen LogP contribution is -2.19. The van der Waals surface area contributed by atoms with Crippen molar-refractivity contribution in [2.75, 3.05) is 13.2 Å². The molecule has 0 radical (unpaired) electrons. The van der Waals surface area contributed by atoms with Crippen molar-refractivity contribution in [2.24, 2.45) is 11.8 Å². The summed E-state index contributed by atoms with van der Waals surface area (Å²) >= 11 is 0. The van der Waals surface area contributed by atoms with Crippen LogP contribution in [0, 0.1) is 11.8 Å². The molecule has 0 fully saturated rings. The lowest BCUT2D eigenvalue weighted by atomic mass is 10.0. The second kappa shape index (κ2) is 11.3. The lowest BCUT2D eigenvalue weighted by molar-refractivity contribution is -0.120. The van der Waals surface area contributed by atoms with E-state index in [-0.39, 0.29) is 23.4 Å². The van der Waals surface area contributed by atoms with Crippen LogP contribution in [0.15, 0.2) is 72.8 Å². The topological polar surface area (TPSA) is 52.6 Å². The summed E-state index contributed by atoms with van der Waals surface area (Å²) in [6, 6.07) is 15.8. The van der Waals surface area contributed by atoms with E-state index in [2.05, 4.69) is 13.2 Å². The highest BCUT2D eigenvalue weighted by Crippen LogP contribution is 2.19. The summed E-state index contributed by atoms with van der Waals surface area (Å²) in [4.78, 5) is 23.7. The summed E-state index contributed by atoms with van der Waals surface area (Å²) in [5.74, 6) is 1.13. The van der Waals surface area contributed by atoms with Gasteiger partial charge in [0.2, 0.25) is 0 Å². The third-order valence-electron chi connectivity index (χ3n) is 4.99. The summed E-state index contributed by atoms with van der Waals surface area (Å²) in [6.07, 6.45) is 0.787. The first-order chi connectivity index (χ1) is 14.7. The Bertz CT molecular complexity index is 845. The van der Waals surface area contributed by atoms with Gasteiger partial charge in [-0.2, -0.15) is 0 Å². The summed E-state index contributed by atoms with van der Waals surface area (Å²) in [5, 5.41) is 0. The molecule has 0 aliphatic heterocycles. The van der Waals surface area contributed by atoms with Crippen molar-refractivity contribution in [3.63, 3.8) is 0 Å². The average molecular weight is 421 g/mol. The first kappa shape index (κ1) is 24.1. The Kier molecular flexibility index (Phi) is 8.80. The summed E-state index contributed by atoms with van der Waals surface area (Å²) in [6.45, 7) is 15.2. The van der Waals surface area contributed by atoms with Gasteiger partial charge < -0.3 is 9.47 Å². The van der Waals surface area contributed by atoms with Crippen LogP contribution in [0.25, 0.3) is 0 Å². The molecule has 2 unspecified atom stereocenters. The maximum Gasteiger partial charge on any atom is 0.164 e. The molecule has 2 atom stereocenters. The molecule has 2 aromatic carbocycles. The number of allylic oxidation sites excluding steroid dienone is 2. The number of carbonyl (C=O) groups is 2. The van der Waals surface area contributed by atoms with Crippen molar-refractivity contribution in [1.82, 2.24) is 0 Å². The van der Waals surface area contributed by atoms with Gasteiger partial charge in [-0.25, -0.2) is 0 Å². The van der Waals surface area contributed by atoms with Gasteiger partial charge in [-0.05, 0) is 66.8 Å². The van der Waals surface area contributed by atoms with Crippen molar-refractivity contribution >= 4 is 11.6 Å². The Labute approximate surface area is 185 Å². The smallest absolute Gasteiger partial charge is 0.164 e. The number of ether oxygens (including phenoxy) is 2. The maximum atomic E-state index is 11.9. The molecule has 4 heteroatoms. The molecule has 0 aliphatic carbocycles. The van der Waals surface area contributed by atoms with Crippen molar-refractivity contribution in [1.29, 1.82) is 0 Å². The molecular formula is C27H32O4. The fourth-order valence-electron chi connectivity index (χ4n) is 3.08. The van der Waals surface area contributed by atoms with E-state index < -0.39 is 0 Å². The van der Waals surface area contributed by atoms with E-state index in [1.54, 1.807) is 13.8 Å². The van der Waals surface area contributed by atoms with Crippen LogP contribution in [0.3, 0.4) is 0 Å². The van der Waals surface area contributed by atoms with Gasteiger partial charge in [-0.1, -0.05) is 51.3 Å². The highest BCUT2D eigenvalue weighted by molar-refractivity contribution is 5.96. The largest absolute Gasteiger partial charge is 0.493 e. The molecule has 0 heterocycles. The number of rotatable bonds is 12. The number of Topliss-reactive ketones (excluding diaryl/α,β-unsaturated/α-hetero) is 2. The molecule has 0 amide bonds. The van der Waals surface area contributed by atoms with E-state index in [0.29, 0.717) is 24.4 Å². The van der Waals surface area contributed by atoms with Crippen LogP contribution >= 0.6 is 0 Å². The average Bonchev–Trinajstić information content (AvgIpc) is 2.76. The molecule has 4 nitrogen and oxygen atoms in total. The van der Waals surface area contributed by atoms with Gasteiger partial charge in [-0.3, -0.25) is 9.59 Å². The fraction of sp³-hybridized carbons (Fsp3) is 0.333. The van der Waals surface area contributed by atoms with Crippen molar-refractivity contribution in [3.8, 4) is 11.5 Å². The Morgan fingerprint density at radius 3 is 1.32 bits per heavy atom. The zero-order valence-electron chi connectivity index (χ0n) is 18.9. The second-order valence-corrected chi connectivity index (χ2v) is 8.18. The molecule has 31 heavy (non-hydrogen) atoms. The Hall–Kier alpha value is -3.14. The van der Waals surface area contributed by atoms with E-state index in [9.17, 15) is 9.59 Å². The van der Waals surface area contributed by atoms with Crippen molar-refractivity contribution in [3.05, 3.63) is 84.0 Å². The molecule has 2 rings (SSSR count). The van der Waals surface area contributed by atoms with Crippen molar-refractivity contribution in [2.45, 2.75) is 34.1 Å². The van der Waals surface area contributed by atoms with E-state index in [4.69, 9.17) is 9.47 Å². The van der Waals surface area contributed by atoms with Gasteiger partial charge >= 0.3 is 0 Å². The van der Waals surface area contributed by atoms with Gasteiger partial charge in [0.1, 0.15) is 11.5 Å². The van der Waals surface area contributed by atoms with Gasteiger partial charge in [0, 0.05) is 0 Å². The molecule has 0 N–H and O–H groups in total. The molecular weight excluding hydrogens is 388 g/mol. The maximum absolute atomic E-state index is 11.9. The van der Waals surface area contributed by atoms with Crippen LogP contribution in [0.2, 0.25) is 0 Å². The van der Waals surface area contributed by atoms with Crippen LogP contribution < -0.4 is 9.47 Å². The quantitative estimate of drug-likeness (QED) is 0.420. The molecule has 2 aromatic rings. The third kappa shape index (κ3) is 7.56. The van der Waals surface area contributed by atoms with E-state index in [1.165, 1.54) is 0 Å². The highest BCUT2D eigenvalue weighted by atomic mass is 16.5. The number of benzene rings is 2. The molecule has 0 aliphatic rings. The fourth-order valence-corrected chi connectivity index (χ4v) is 3.08. The van der Waals surface area contributed by atoms with Crippen molar-refractivity contribution < 1.29 is 19.1 Å². The van der Waals surface area contributed by atoms with Gasteiger partial charge in [0.25, 0.3) is 0 Å². The van der Waals surface area contributed by atoms with Gasteiger partial charge in [-0.15, -0.1) is 0 Å². The van der Waals surface area contributed by atoms with Crippen LogP contribution in [-0.4, -0.2) is 24.8 Å². The summed E-state index contributed by atoms with van der Waals surface area (Å²) in [7, 11) is 0. The lowest BCUT2D eigenvalue weighted by Gasteiger charge is -2.13. The Morgan fingerprint density at radius 2 is 1.03 bits per heavy atom. The predicted octanol–water partition coefficient (Wildman–Crippen LogP) is 5.60. The van der Waals surface area contributed by atoms with Crippen LogP contribution in [0.1, 0.15) is 38.8 Å². The van der Waals surface area contributed by atoms with Gasteiger partial charge in [0.05, 0.1) is 25.0 Å². The zero-order chi connectivity index (χ0) is 23.0. The van der Waals surface area contributed by atoms with E-state index in [0.717, 1.165) is 29.0 Å². The number of hydrogen-bond acceptors (Lipinski definition) is 4. The van der Waals surface area contributed by atoms with Crippen LogP contribution in [0.4, 0.5) is 0 Å². The first-order valence-corrected chi connectivity index (χ1v) is 10.5. The highest BCUT2D eigenvalue weighted by Gasteiger charge is 2.15. The third-order valence-corrected chi connectivity index (χ3v) is 4.99.